The summed E-state index contributed by atoms with van der Waals surface area (Å²) in [5.41, 5.74) is -0.0619. The van der Waals surface area contributed by atoms with E-state index in [1.165, 1.54) is 6.33 Å². The van der Waals surface area contributed by atoms with Crippen molar-refractivity contribution in [3.63, 3.8) is 0 Å². The van der Waals surface area contributed by atoms with Crippen LogP contribution in [-0.2, 0) is 4.74 Å². The van der Waals surface area contributed by atoms with Crippen LogP contribution < -0.4 is 14.4 Å². The van der Waals surface area contributed by atoms with Crippen LogP contribution in [0, 0.1) is 5.92 Å². The Balaban J connectivity index is 1.27. The molecule has 8 nitrogen and oxygen atoms in total. The first-order chi connectivity index (χ1) is 12.8. The lowest BCUT2D eigenvalue weighted by molar-refractivity contribution is -0.115. The molecule has 0 aliphatic carbocycles. The Labute approximate surface area is 152 Å². The van der Waals surface area contributed by atoms with Gasteiger partial charge in [0, 0.05) is 25.1 Å². The lowest BCUT2D eigenvalue weighted by Crippen LogP contribution is -2.65. The smallest absolute Gasteiger partial charge is 0.232 e. The molecule has 2 aromatic heterocycles. The van der Waals surface area contributed by atoms with Crippen molar-refractivity contribution in [3.8, 4) is 11.8 Å². The molecule has 0 radical (unpaired) electrons. The summed E-state index contributed by atoms with van der Waals surface area (Å²) >= 11 is 0. The molecule has 4 heterocycles. The zero-order valence-corrected chi connectivity index (χ0v) is 14.9. The number of ether oxygens (including phenoxy) is 3. The monoisotopic (exact) mass is 357 g/mol. The van der Waals surface area contributed by atoms with E-state index in [1.54, 1.807) is 25.7 Å². The summed E-state index contributed by atoms with van der Waals surface area (Å²) < 4.78 is 17.0. The van der Waals surface area contributed by atoms with Crippen LogP contribution in [0.5, 0.6) is 11.8 Å². The highest BCUT2D eigenvalue weighted by Crippen LogP contribution is 2.39. The fraction of sp³-hybridized carbons (Fsp3) is 0.556. The maximum absolute atomic E-state index is 6.13. The number of anilines is 1. The maximum Gasteiger partial charge on any atom is 0.232 e. The van der Waals surface area contributed by atoms with Gasteiger partial charge in [-0.2, -0.15) is 0 Å². The van der Waals surface area contributed by atoms with Crippen molar-refractivity contribution in [2.75, 3.05) is 38.3 Å². The molecule has 2 saturated heterocycles. The fourth-order valence-electron chi connectivity index (χ4n) is 3.71. The second kappa shape index (κ2) is 7.41. The molecule has 4 rings (SSSR count). The Kier molecular flexibility index (Phi) is 4.83. The van der Waals surface area contributed by atoms with E-state index in [2.05, 4.69) is 24.8 Å². The van der Waals surface area contributed by atoms with Gasteiger partial charge in [0.25, 0.3) is 0 Å². The van der Waals surface area contributed by atoms with Crippen LogP contribution >= 0.6 is 0 Å². The van der Waals surface area contributed by atoms with Gasteiger partial charge in [0.1, 0.15) is 17.7 Å². The highest BCUT2D eigenvalue weighted by Gasteiger charge is 2.48. The van der Waals surface area contributed by atoms with Crippen molar-refractivity contribution in [3.05, 3.63) is 31.0 Å². The van der Waals surface area contributed by atoms with Crippen molar-refractivity contribution >= 4 is 5.82 Å². The molecule has 0 N–H and O–H groups in total. The Morgan fingerprint density at radius 1 is 1.23 bits per heavy atom. The van der Waals surface area contributed by atoms with Gasteiger partial charge in [0.05, 0.1) is 33.0 Å². The van der Waals surface area contributed by atoms with Gasteiger partial charge in [0.2, 0.25) is 11.8 Å². The van der Waals surface area contributed by atoms with Crippen molar-refractivity contribution in [1.29, 1.82) is 0 Å². The average molecular weight is 357 g/mol. The molecule has 1 spiro atoms. The van der Waals surface area contributed by atoms with E-state index >= 15 is 0 Å². The zero-order valence-electron chi connectivity index (χ0n) is 14.9. The molecular weight excluding hydrogens is 334 g/mol. The molecule has 8 heteroatoms. The van der Waals surface area contributed by atoms with Gasteiger partial charge in [-0.1, -0.05) is 0 Å². The Morgan fingerprint density at radius 2 is 2.15 bits per heavy atom. The highest BCUT2D eigenvalue weighted by atomic mass is 16.5. The number of rotatable bonds is 6. The first-order valence-electron chi connectivity index (χ1n) is 8.90. The number of hydrogen-bond donors (Lipinski definition) is 0. The third kappa shape index (κ3) is 3.70. The van der Waals surface area contributed by atoms with Gasteiger partial charge in [-0.25, -0.2) is 15.0 Å². The molecule has 2 aliphatic rings. The number of methoxy groups -OCH3 is 1. The molecule has 0 bridgehead atoms. The molecule has 0 unspecified atom stereocenters. The molecule has 1 atom stereocenters. The third-order valence-electron chi connectivity index (χ3n) is 5.03. The molecule has 26 heavy (non-hydrogen) atoms. The van der Waals surface area contributed by atoms with Crippen molar-refractivity contribution in [2.24, 2.45) is 5.92 Å². The Bertz CT molecular complexity index is 724. The second-order valence-corrected chi connectivity index (χ2v) is 6.85. The quantitative estimate of drug-likeness (QED) is 0.773. The highest BCUT2D eigenvalue weighted by molar-refractivity contribution is 5.45. The van der Waals surface area contributed by atoms with E-state index in [0.717, 1.165) is 44.8 Å². The fourth-order valence-corrected chi connectivity index (χ4v) is 3.71. The van der Waals surface area contributed by atoms with E-state index in [9.17, 15) is 0 Å². The van der Waals surface area contributed by atoms with Crippen LogP contribution in [0.3, 0.4) is 0 Å². The largest absolute Gasteiger partial charge is 0.481 e. The van der Waals surface area contributed by atoms with Crippen molar-refractivity contribution in [1.82, 2.24) is 19.9 Å². The average Bonchev–Trinajstić information content (AvgIpc) is 2.67. The van der Waals surface area contributed by atoms with Crippen LogP contribution in [-0.4, -0.2) is 59.0 Å². The lowest BCUT2D eigenvalue weighted by atomic mass is 9.79. The SMILES string of the molecule is COc1cc(N2CC3(C[C@@H](CCOc4cnccn4)CCO3)C2)ncn1. The summed E-state index contributed by atoms with van der Waals surface area (Å²) in [5.74, 6) is 2.66. The molecule has 138 valence electrons. The maximum atomic E-state index is 6.13. The predicted molar refractivity (Wildman–Crippen MR) is 94.3 cm³/mol. The second-order valence-electron chi connectivity index (χ2n) is 6.85. The summed E-state index contributed by atoms with van der Waals surface area (Å²) in [6.07, 6.45) is 9.60. The van der Waals surface area contributed by atoms with Crippen LogP contribution in [0.4, 0.5) is 5.82 Å². The van der Waals surface area contributed by atoms with Gasteiger partial charge in [-0.05, 0) is 25.2 Å². The topological polar surface area (TPSA) is 82.5 Å². The minimum atomic E-state index is -0.0619. The summed E-state index contributed by atoms with van der Waals surface area (Å²) in [6.45, 7) is 3.17. The minimum absolute atomic E-state index is 0.0619. The summed E-state index contributed by atoms with van der Waals surface area (Å²) in [5, 5.41) is 0. The molecular formula is C18H23N5O3. The predicted octanol–water partition coefficient (Wildman–Crippen LogP) is 1.73. The first-order valence-corrected chi connectivity index (χ1v) is 8.90. The minimum Gasteiger partial charge on any atom is -0.481 e. The Morgan fingerprint density at radius 3 is 2.96 bits per heavy atom. The Hall–Kier alpha value is -2.48. The van der Waals surface area contributed by atoms with Crippen molar-refractivity contribution < 1.29 is 14.2 Å². The van der Waals surface area contributed by atoms with Gasteiger partial charge in [0.15, 0.2) is 0 Å². The van der Waals surface area contributed by atoms with E-state index < -0.39 is 0 Å². The van der Waals surface area contributed by atoms with E-state index in [1.807, 2.05) is 6.07 Å². The molecule has 2 fully saturated rings. The summed E-state index contributed by atoms with van der Waals surface area (Å²) in [6, 6.07) is 1.86. The van der Waals surface area contributed by atoms with Crippen LogP contribution in [0.1, 0.15) is 19.3 Å². The van der Waals surface area contributed by atoms with Crippen molar-refractivity contribution in [2.45, 2.75) is 24.9 Å². The zero-order chi connectivity index (χ0) is 17.8. The summed E-state index contributed by atoms with van der Waals surface area (Å²) in [7, 11) is 1.61. The van der Waals surface area contributed by atoms with Crippen LogP contribution in [0.2, 0.25) is 0 Å². The number of nitrogens with zero attached hydrogens (tertiary/aromatic N) is 5. The standard InChI is InChI=1S/C18H23N5O3/c1-24-16-8-15(21-13-22-16)23-11-18(12-23)9-14(3-7-26-18)2-6-25-17-10-19-4-5-20-17/h4-5,8,10,13-14H,2-3,6-7,9,11-12H2,1H3/t14-/m0/s1. The van der Waals surface area contributed by atoms with Gasteiger partial charge >= 0.3 is 0 Å². The number of hydrogen-bond acceptors (Lipinski definition) is 8. The van der Waals surface area contributed by atoms with E-state index in [-0.39, 0.29) is 5.60 Å². The van der Waals surface area contributed by atoms with E-state index in [4.69, 9.17) is 14.2 Å². The lowest BCUT2D eigenvalue weighted by Gasteiger charge is -2.53. The normalized spacial score (nSPS) is 21.3. The van der Waals surface area contributed by atoms with Gasteiger partial charge in [-0.3, -0.25) is 4.98 Å². The molecule has 2 aliphatic heterocycles. The van der Waals surface area contributed by atoms with E-state index in [0.29, 0.717) is 24.3 Å². The molecule has 0 amide bonds. The third-order valence-corrected chi connectivity index (χ3v) is 5.03. The van der Waals surface area contributed by atoms with Gasteiger partial charge in [-0.15, -0.1) is 0 Å². The van der Waals surface area contributed by atoms with Gasteiger partial charge < -0.3 is 19.1 Å². The first kappa shape index (κ1) is 17.0. The van der Waals surface area contributed by atoms with Crippen LogP contribution in [0.25, 0.3) is 0 Å². The van der Waals surface area contributed by atoms with Crippen LogP contribution in [0.15, 0.2) is 31.0 Å². The number of aromatic nitrogens is 4. The molecule has 0 saturated carbocycles. The summed E-state index contributed by atoms with van der Waals surface area (Å²) in [4.78, 5) is 18.8. The molecule has 2 aromatic rings. The molecule has 0 aromatic carbocycles.